The van der Waals surface area contributed by atoms with Crippen LogP contribution in [-0.4, -0.2) is 38.8 Å². The molecule has 0 fully saturated rings. The zero-order valence-electron chi connectivity index (χ0n) is 18.8. The molecule has 2 aromatic heterocycles. The standard InChI is InChI=1S/C25H24N4O4S/c1-3-29-23(31)22-21(19(14-26-22)16-8-6-5-7-9-16)28-25(29)34-15-20(30)27-18-12-10-17(11-13-18)24(32)33-4-2/h5-14,26H,3-4,15H2,1-2H3,(H,27,30). The number of fused-ring (bicyclic) bond motifs is 1. The predicted molar refractivity (Wildman–Crippen MR) is 133 cm³/mol. The van der Waals surface area contributed by atoms with E-state index >= 15 is 0 Å². The van der Waals surface area contributed by atoms with Crippen LogP contribution in [-0.2, 0) is 16.1 Å². The Morgan fingerprint density at radius 2 is 1.82 bits per heavy atom. The highest BCUT2D eigenvalue weighted by atomic mass is 32.2. The summed E-state index contributed by atoms with van der Waals surface area (Å²) in [6.45, 7) is 4.34. The first-order valence-corrected chi connectivity index (χ1v) is 11.9. The third-order valence-electron chi connectivity index (χ3n) is 5.16. The van der Waals surface area contributed by atoms with Gasteiger partial charge >= 0.3 is 5.97 Å². The fourth-order valence-corrected chi connectivity index (χ4v) is 4.39. The highest BCUT2D eigenvalue weighted by molar-refractivity contribution is 7.99. The summed E-state index contributed by atoms with van der Waals surface area (Å²) in [5.41, 5.74) is 3.62. The molecule has 174 valence electrons. The van der Waals surface area contributed by atoms with E-state index in [2.05, 4.69) is 10.3 Å². The van der Waals surface area contributed by atoms with Crippen LogP contribution >= 0.6 is 11.8 Å². The summed E-state index contributed by atoms with van der Waals surface area (Å²) in [5, 5.41) is 3.28. The van der Waals surface area contributed by atoms with Gasteiger partial charge in [0.2, 0.25) is 5.91 Å². The maximum Gasteiger partial charge on any atom is 0.338 e. The molecular weight excluding hydrogens is 452 g/mol. The zero-order valence-corrected chi connectivity index (χ0v) is 19.6. The molecule has 0 aliphatic heterocycles. The number of carbonyl (C=O) groups is 2. The molecule has 1 amide bonds. The van der Waals surface area contributed by atoms with Crippen molar-refractivity contribution in [3.05, 3.63) is 76.7 Å². The number of carbonyl (C=O) groups excluding carboxylic acids is 2. The first-order valence-electron chi connectivity index (χ1n) is 10.9. The molecule has 2 aromatic carbocycles. The van der Waals surface area contributed by atoms with Crippen LogP contribution in [0.5, 0.6) is 0 Å². The average molecular weight is 477 g/mol. The van der Waals surface area contributed by atoms with Crippen molar-refractivity contribution in [3.63, 3.8) is 0 Å². The number of hydrogen-bond donors (Lipinski definition) is 2. The Labute approximate surface area is 200 Å². The second kappa shape index (κ2) is 10.4. The third-order valence-corrected chi connectivity index (χ3v) is 6.14. The van der Waals surface area contributed by atoms with Crippen molar-refractivity contribution in [2.75, 3.05) is 17.7 Å². The van der Waals surface area contributed by atoms with Gasteiger partial charge in [0.05, 0.1) is 17.9 Å². The van der Waals surface area contributed by atoms with E-state index in [1.807, 2.05) is 37.3 Å². The summed E-state index contributed by atoms with van der Waals surface area (Å²) in [6, 6.07) is 16.2. The summed E-state index contributed by atoms with van der Waals surface area (Å²) >= 11 is 1.20. The molecule has 8 nitrogen and oxygen atoms in total. The van der Waals surface area contributed by atoms with Crippen molar-refractivity contribution >= 4 is 40.4 Å². The molecular formula is C25H24N4O4S. The minimum Gasteiger partial charge on any atom is -0.462 e. The van der Waals surface area contributed by atoms with Gasteiger partial charge in [0.25, 0.3) is 5.56 Å². The number of thioether (sulfide) groups is 1. The van der Waals surface area contributed by atoms with E-state index in [1.54, 1.807) is 42.0 Å². The number of esters is 1. The second-order valence-corrected chi connectivity index (χ2v) is 8.31. The van der Waals surface area contributed by atoms with Gasteiger partial charge in [-0.15, -0.1) is 0 Å². The van der Waals surface area contributed by atoms with Gasteiger partial charge in [-0.3, -0.25) is 14.2 Å². The van der Waals surface area contributed by atoms with Crippen LogP contribution < -0.4 is 10.9 Å². The van der Waals surface area contributed by atoms with E-state index < -0.39 is 5.97 Å². The molecule has 0 atom stereocenters. The van der Waals surface area contributed by atoms with Gasteiger partial charge in [-0.2, -0.15) is 0 Å². The predicted octanol–water partition coefficient (Wildman–Crippen LogP) is 4.32. The second-order valence-electron chi connectivity index (χ2n) is 7.37. The Balaban J connectivity index is 1.52. The minimum atomic E-state index is -0.408. The molecule has 0 bridgehead atoms. The lowest BCUT2D eigenvalue weighted by atomic mass is 10.1. The molecule has 2 N–H and O–H groups in total. The molecule has 0 spiro atoms. The monoisotopic (exact) mass is 476 g/mol. The van der Waals surface area contributed by atoms with E-state index in [4.69, 9.17) is 9.72 Å². The normalized spacial score (nSPS) is 10.9. The number of rotatable bonds is 8. The molecule has 9 heteroatoms. The SMILES string of the molecule is CCOC(=O)c1ccc(NC(=O)CSc2nc3c(-c4ccccc4)c[nH]c3c(=O)n2CC)cc1. The number of nitrogens with zero attached hydrogens (tertiary/aromatic N) is 2. The topological polar surface area (TPSA) is 106 Å². The number of H-pyrrole nitrogens is 1. The van der Waals surface area contributed by atoms with Crippen LogP contribution in [0.25, 0.3) is 22.2 Å². The van der Waals surface area contributed by atoms with Crippen molar-refractivity contribution in [3.8, 4) is 11.1 Å². The highest BCUT2D eigenvalue weighted by Gasteiger charge is 2.17. The van der Waals surface area contributed by atoms with Gasteiger partial charge in [-0.05, 0) is 43.7 Å². The molecule has 0 saturated carbocycles. The Morgan fingerprint density at radius 3 is 2.50 bits per heavy atom. The molecule has 2 heterocycles. The van der Waals surface area contributed by atoms with Gasteiger partial charge in [0, 0.05) is 24.0 Å². The summed E-state index contributed by atoms with van der Waals surface area (Å²) in [4.78, 5) is 45.1. The summed E-state index contributed by atoms with van der Waals surface area (Å²) in [6.07, 6.45) is 1.79. The maximum absolute atomic E-state index is 13.0. The maximum atomic E-state index is 13.0. The molecule has 0 saturated heterocycles. The van der Waals surface area contributed by atoms with Crippen LogP contribution in [0, 0.1) is 0 Å². The molecule has 0 unspecified atom stereocenters. The summed E-state index contributed by atoms with van der Waals surface area (Å²) in [7, 11) is 0. The fraction of sp³-hybridized carbons (Fsp3) is 0.200. The summed E-state index contributed by atoms with van der Waals surface area (Å²) < 4.78 is 6.52. The van der Waals surface area contributed by atoms with E-state index in [-0.39, 0.29) is 17.2 Å². The first-order chi connectivity index (χ1) is 16.5. The Kier molecular flexibility index (Phi) is 7.12. The van der Waals surface area contributed by atoms with E-state index in [9.17, 15) is 14.4 Å². The lowest BCUT2D eigenvalue weighted by Crippen LogP contribution is -2.23. The molecule has 4 aromatic rings. The fourth-order valence-electron chi connectivity index (χ4n) is 3.53. The molecule has 0 radical (unpaired) electrons. The zero-order chi connectivity index (χ0) is 24.1. The number of ether oxygens (including phenoxy) is 1. The van der Waals surface area contributed by atoms with Crippen molar-refractivity contribution in [1.29, 1.82) is 0 Å². The molecule has 0 aliphatic carbocycles. The van der Waals surface area contributed by atoms with Crippen molar-refractivity contribution in [2.24, 2.45) is 0 Å². The number of hydrogen-bond acceptors (Lipinski definition) is 6. The van der Waals surface area contributed by atoms with Crippen LogP contribution in [0.2, 0.25) is 0 Å². The van der Waals surface area contributed by atoms with Crippen LogP contribution in [0.15, 0.2) is 70.7 Å². The number of aromatic amines is 1. The van der Waals surface area contributed by atoms with Crippen LogP contribution in [0.3, 0.4) is 0 Å². The molecule has 0 aliphatic rings. The lowest BCUT2D eigenvalue weighted by Gasteiger charge is -2.11. The Hall–Kier alpha value is -3.85. The van der Waals surface area contributed by atoms with Crippen LogP contribution in [0.1, 0.15) is 24.2 Å². The minimum absolute atomic E-state index is 0.0721. The van der Waals surface area contributed by atoms with Gasteiger partial charge in [-0.1, -0.05) is 42.1 Å². The van der Waals surface area contributed by atoms with Gasteiger partial charge in [0.15, 0.2) is 5.16 Å². The third kappa shape index (κ3) is 4.89. The molecule has 4 rings (SSSR count). The number of aromatic nitrogens is 3. The summed E-state index contributed by atoms with van der Waals surface area (Å²) in [5.74, 6) is -0.583. The first kappa shape index (κ1) is 23.3. The van der Waals surface area contributed by atoms with Gasteiger partial charge in [0.1, 0.15) is 11.0 Å². The van der Waals surface area contributed by atoms with E-state index in [1.165, 1.54) is 11.8 Å². The largest absolute Gasteiger partial charge is 0.462 e. The lowest BCUT2D eigenvalue weighted by molar-refractivity contribution is -0.113. The number of benzene rings is 2. The Bertz CT molecular complexity index is 1380. The molecule has 34 heavy (non-hydrogen) atoms. The van der Waals surface area contributed by atoms with Crippen molar-refractivity contribution in [1.82, 2.24) is 14.5 Å². The van der Waals surface area contributed by atoms with Gasteiger partial charge < -0.3 is 15.0 Å². The number of anilines is 1. The quantitative estimate of drug-likeness (QED) is 0.223. The number of nitrogens with one attached hydrogen (secondary N) is 2. The smallest absolute Gasteiger partial charge is 0.338 e. The van der Waals surface area contributed by atoms with E-state index in [0.717, 1.165) is 11.1 Å². The van der Waals surface area contributed by atoms with E-state index in [0.29, 0.717) is 40.6 Å². The number of amides is 1. The van der Waals surface area contributed by atoms with Crippen LogP contribution in [0.4, 0.5) is 5.69 Å². The average Bonchev–Trinajstić information content (AvgIpc) is 3.28. The highest BCUT2D eigenvalue weighted by Crippen LogP contribution is 2.27. The Morgan fingerprint density at radius 1 is 1.09 bits per heavy atom. The van der Waals surface area contributed by atoms with Crippen molar-refractivity contribution < 1.29 is 14.3 Å². The van der Waals surface area contributed by atoms with Gasteiger partial charge in [-0.25, -0.2) is 9.78 Å². The van der Waals surface area contributed by atoms with Crippen molar-refractivity contribution in [2.45, 2.75) is 25.5 Å².